The number of allylic oxidation sites excluding steroid dienone is 4. The molecule has 11 aromatic rings. The van der Waals surface area contributed by atoms with Gasteiger partial charge in [-0.3, -0.25) is 0 Å². The van der Waals surface area contributed by atoms with Crippen molar-refractivity contribution in [1.29, 1.82) is 0 Å². The number of hydrogen-bond donors (Lipinski definition) is 0. The van der Waals surface area contributed by atoms with Crippen LogP contribution in [0.1, 0.15) is 23.5 Å². The fraction of sp³-hybridized carbons (Fsp3) is 0.0303. The maximum Gasteiger partial charge on any atom is 0.0541 e. The number of nitrogens with zero attached hydrogens (tertiary/aromatic N) is 2. The van der Waals surface area contributed by atoms with Crippen molar-refractivity contribution in [3.63, 3.8) is 0 Å². The summed E-state index contributed by atoms with van der Waals surface area (Å²) < 4.78 is 2.48. The molecule has 2 nitrogen and oxygen atoms in total. The molecule has 0 radical (unpaired) electrons. The van der Waals surface area contributed by atoms with Crippen LogP contribution >= 0.6 is 0 Å². The third-order valence-corrected chi connectivity index (χ3v) is 13.5. The molecule has 0 N–H and O–H groups in total. The van der Waals surface area contributed by atoms with Crippen LogP contribution in [0.25, 0.3) is 77.6 Å². The summed E-state index contributed by atoms with van der Waals surface area (Å²) in [5.41, 5.74) is 20.2. The van der Waals surface area contributed by atoms with Gasteiger partial charge in [0.1, 0.15) is 0 Å². The Balaban J connectivity index is 0.976. The third-order valence-electron chi connectivity index (χ3n) is 13.5. The minimum atomic E-state index is 0.254. The zero-order valence-corrected chi connectivity index (χ0v) is 37.7. The Morgan fingerprint density at radius 2 is 0.882 bits per heavy atom. The molecule has 1 aromatic heterocycles. The number of hydrogen-bond acceptors (Lipinski definition) is 1. The summed E-state index contributed by atoms with van der Waals surface area (Å²) in [5.74, 6) is 0.254. The van der Waals surface area contributed by atoms with E-state index in [4.69, 9.17) is 0 Å². The zero-order chi connectivity index (χ0) is 45.2. The molecule has 1 atom stereocenters. The van der Waals surface area contributed by atoms with Crippen molar-refractivity contribution in [2.45, 2.75) is 12.3 Å². The van der Waals surface area contributed by atoms with Gasteiger partial charge in [0.25, 0.3) is 0 Å². The zero-order valence-electron chi connectivity index (χ0n) is 37.7. The van der Waals surface area contributed by atoms with Gasteiger partial charge in [0, 0.05) is 39.3 Å². The van der Waals surface area contributed by atoms with Crippen LogP contribution in [0.2, 0.25) is 0 Å². The van der Waals surface area contributed by atoms with Gasteiger partial charge in [0.15, 0.2) is 0 Å². The monoisotopic (exact) mass is 868 g/mol. The lowest BCUT2D eigenvalue weighted by Crippen LogP contribution is -2.11. The van der Waals surface area contributed by atoms with Crippen molar-refractivity contribution in [2.24, 2.45) is 0 Å². The second-order valence-corrected chi connectivity index (χ2v) is 17.7. The van der Waals surface area contributed by atoms with E-state index in [1.54, 1.807) is 0 Å². The van der Waals surface area contributed by atoms with Gasteiger partial charge in [-0.1, -0.05) is 206 Å². The van der Waals surface area contributed by atoms with E-state index in [9.17, 15) is 0 Å². The summed E-state index contributed by atoms with van der Waals surface area (Å²) in [6.07, 6.45) is 5.84. The Morgan fingerprint density at radius 1 is 0.353 bits per heavy atom. The molecule has 0 saturated carbocycles. The number of para-hydroxylation sites is 3. The largest absolute Gasteiger partial charge is 0.310 e. The van der Waals surface area contributed by atoms with Crippen molar-refractivity contribution in [3.05, 3.63) is 284 Å². The lowest BCUT2D eigenvalue weighted by Gasteiger charge is -2.29. The predicted octanol–water partition coefficient (Wildman–Crippen LogP) is 18.0. The fourth-order valence-corrected chi connectivity index (χ4v) is 10.2. The first kappa shape index (κ1) is 40.8. The van der Waals surface area contributed by atoms with Crippen LogP contribution in [0.15, 0.2) is 273 Å². The van der Waals surface area contributed by atoms with E-state index in [0.717, 1.165) is 34.6 Å². The molecule has 1 heterocycles. The Labute approximate surface area is 398 Å². The van der Waals surface area contributed by atoms with Crippen LogP contribution in [0.3, 0.4) is 0 Å². The van der Waals surface area contributed by atoms with Crippen molar-refractivity contribution in [1.82, 2.24) is 4.57 Å². The highest BCUT2D eigenvalue weighted by Crippen LogP contribution is 2.45. The first-order chi connectivity index (χ1) is 33.7. The van der Waals surface area contributed by atoms with Crippen LogP contribution in [-0.4, -0.2) is 4.57 Å². The topological polar surface area (TPSA) is 8.17 Å². The molecule has 0 saturated heterocycles. The lowest BCUT2D eigenvalue weighted by molar-refractivity contribution is 0.863. The summed E-state index contributed by atoms with van der Waals surface area (Å²) in [6.45, 7) is 0. The second-order valence-electron chi connectivity index (χ2n) is 17.7. The maximum atomic E-state index is 2.48. The first-order valence-electron chi connectivity index (χ1n) is 23.6. The molecule has 1 aliphatic carbocycles. The molecule has 0 bridgehead atoms. The maximum absolute atomic E-state index is 2.48. The Kier molecular flexibility index (Phi) is 10.7. The minimum absolute atomic E-state index is 0.254. The molecule has 10 aromatic carbocycles. The Bertz CT molecular complexity index is 3570. The van der Waals surface area contributed by atoms with Crippen molar-refractivity contribution >= 4 is 50.1 Å². The highest BCUT2D eigenvalue weighted by atomic mass is 15.1. The van der Waals surface area contributed by atoms with E-state index in [-0.39, 0.29) is 5.92 Å². The number of rotatable bonds is 10. The van der Waals surface area contributed by atoms with Gasteiger partial charge in [0.2, 0.25) is 0 Å². The SMILES string of the molecule is C1=C(c2ccccc2)CC(c2ccccc2)C=C1n1c2ccccc2c2cc(-c3cccc(-c4ccccc4N(c4ccccc4)c4cc(-c5ccccc5)cc(-c5ccccc5)c4)c3)ccc21. The molecule has 1 aliphatic rings. The smallest absolute Gasteiger partial charge is 0.0541 e. The standard InChI is InChI=1S/C66H48N2/c1-6-21-47(22-7-1)54-40-55(48-23-8-2-9-24-48)43-59(42-54)67(58-31-14-5-15-32-58)64-35-18-16-33-61(64)53-30-20-29-51(39-53)52-37-38-66-63(46-52)62-34-17-19-36-65(62)68(66)60-44-56(49-25-10-3-11-26-49)41-57(45-60)50-27-12-4-13-28-50/h1-40,42-46,56H,41H2. The van der Waals surface area contributed by atoms with Crippen LogP contribution in [-0.2, 0) is 0 Å². The summed E-state index contributed by atoms with van der Waals surface area (Å²) in [4.78, 5) is 2.42. The van der Waals surface area contributed by atoms with Gasteiger partial charge in [0.05, 0.1) is 16.7 Å². The van der Waals surface area contributed by atoms with E-state index in [2.05, 4.69) is 282 Å². The predicted molar refractivity (Wildman–Crippen MR) is 288 cm³/mol. The van der Waals surface area contributed by atoms with Gasteiger partial charge in [-0.05, 0) is 129 Å². The lowest BCUT2D eigenvalue weighted by atomic mass is 9.84. The number of aromatic nitrogens is 1. The van der Waals surface area contributed by atoms with Crippen LogP contribution in [0, 0.1) is 0 Å². The van der Waals surface area contributed by atoms with Gasteiger partial charge >= 0.3 is 0 Å². The van der Waals surface area contributed by atoms with Crippen molar-refractivity contribution < 1.29 is 0 Å². The molecule has 322 valence electrons. The van der Waals surface area contributed by atoms with E-state index in [0.29, 0.717) is 0 Å². The Morgan fingerprint density at radius 3 is 1.59 bits per heavy atom. The van der Waals surface area contributed by atoms with E-state index >= 15 is 0 Å². The van der Waals surface area contributed by atoms with Crippen molar-refractivity contribution in [3.8, 4) is 44.5 Å². The van der Waals surface area contributed by atoms with E-state index < -0.39 is 0 Å². The molecule has 0 aliphatic heterocycles. The first-order valence-corrected chi connectivity index (χ1v) is 23.6. The summed E-state index contributed by atoms with van der Waals surface area (Å²) in [6, 6.07) is 94.8. The third kappa shape index (κ3) is 7.82. The average Bonchev–Trinajstić information content (AvgIpc) is 3.76. The normalized spacial score (nSPS) is 13.6. The fourth-order valence-electron chi connectivity index (χ4n) is 10.2. The summed E-state index contributed by atoms with van der Waals surface area (Å²) in [5, 5.41) is 2.48. The molecule has 2 heteroatoms. The van der Waals surface area contributed by atoms with E-state index in [1.165, 1.54) is 77.6 Å². The van der Waals surface area contributed by atoms with Gasteiger partial charge < -0.3 is 9.47 Å². The molecule has 12 rings (SSSR count). The molecular weight excluding hydrogens is 821 g/mol. The number of fused-ring (bicyclic) bond motifs is 3. The minimum Gasteiger partial charge on any atom is -0.310 e. The molecule has 0 amide bonds. The highest BCUT2D eigenvalue weighted by Gasteiger charge is 2.23. The highest BCUT2D eigenvalue weighted by molar-refractivity contribution is 6.12. The molecule has 1 unspecified atom stereocenters. The second kappa shape index (κ2) is 17.9. The van der Waals surface area contributed by atoms with Gasteiger partial charge in [-0.15, -0.1) is 0 Å². The molecular formula is C66H48N2. The van der Waals surface area contributed by atoms with Gasteiger partial charge in [-0.2, -0.15) is 0 Å². The van der Waals surface area contributed by atoms with Crippen molar-refractivity contribution in [2.75, 3.05) is 4.90 Å². The van der Waals surface area contributed by atoms with Gasteiger partial charge in [-0.25, -0.2) is 0 Å². The summed E-state index contributed by atoms with van der Waals surface area (Å²) in [7, 11) is 0. The Hall–Kier alpha value is -8.72. The average molecular weight is 869 g/mol. The van der Waals surface area contributed by atoms with Crippen LogP contribution < -0.4 is 4.90 Å². The number of anilines is 3. The van der Waals surface area contributed by atoms with Crippen LogP contribution in [0.5, 0.6) is 0 Å². The van der Waals surface area contributed by atoms with E-state index in [1.807, 2.05) is 0 Å². The molecule has 68 heavy (non-hydrogen) atoms. The molecule has 0 fully saturated rings. The van der Waals surface area contributed by atoms with Crippen LogP contribution in [0.4, 0.5) is 17.1 Å². The molecule has 0 spiro atoms. The number of benzene rings is 10. The quantitative estimate of drug-likeness (QED) is 0.133. The summed E-state index contributed by atoms with van der Waals surface area (Å²) >= 11 is 0.